The van der Waals surface area contributed by atoms with Gasteiger partial charge >= 0.3 is 0 Å². The Hall–Kier alpha value is -0.0800. The lowest BCUT2D eigenvalue weighted by molar-refractivity contribution is 0.398. The first-order valence-corrected chi connectivity index (χ1v) is 7.35. The van der Waals surface area contributed by atoms with E-state index >= 15 is 0 Å². The molecule has 17 heavy (non-hydrogen) atoms. The molecular formula is C15H33N2. The summed E-state index contributed by atoms with van der Waals surface area (Å²) in [6, 6.07) is 0.742. The molecule has 2 heteroatoms. The molecule has 0 heterocycles. The SMILES string of the molecule is CCC(N)C(C)CC[CH]CCC(C)C(N)CC. The maximum atomic E-state index is 6.01. The highest BCUT2D eigenvalue weighted by Crippen LogP contribution is 2.17. The third-order valence-electron chi connectivity index (χ3n) is 4.06. The molecule has 0 aliphatic carbocycles. The maximum Gasteiger partial charge on any atom is 0.00619 e. The minimum Gasteiger partial charge on any atom is -0.327 e. The summed E-state index contributed by atoms with van der Waals surface area (Å²) in [4.78, 5) is 0. The molecule has 4 atom stereocenters. The molecule has 0 aliphatic rings. The number of rotatable bonds is 10. The molecule has 0 aromatic carbocycles. The van der Waals surface area contributed by atoms with Crippen molar-refractivity contribution in [2.24, 2.45) is 23.3 Å². The summed E-state index contributed by atoms with van der Waals surface area (Å²) in [5.74, 6) is 1.29. The second-order valence-electron chi connectivity index (χ2n) is 5.54. The van der Waals surface area contributed by atoms with Crippen molar-refractivity contribution in [3.05, 3.63) is 6.42 Å². The second kappa shape index (κ2) is 9.90. The highest BCUT2D eigenvalue weighted by atomic mass is 14.6. The molecule has 1 radical (unpaired) electrons. The van der Waals surface area contributed by atoms with E-state index in [-0.39, 0.29) is 0 Å². The van der Waals surface area contributed by atoms with Crippen LogP contribution in [0.25, 0.3) is 0 Å². The molecular weight excluding hydrogens is 208 g/mol. The molecule has 0 rings (SSSR count). The highest BCUT2D eigenvalue weighted by Gasteiger charge is 2.11. The van der Waals surface area contributed by atoms with Crippen molar-refractivity contribution in [2.75, 3.05) is 0 Å². The van der Waals surface area contributed by atoms with E-state index in [0.717, 1.165) is 12.8 Å². The quantitative estimate of drug-likeness (QED) is 0.575. The Balaban J connectivity index is 3.46. The van der Waals surface area contributed by atoms with Gasteiger partial charge in [-0.2, -0.15) is 0 Å². The molecule has 0 spiro atoms. The molecule has 0 saturated heterocycles. The van der Waals surface area contributed by atoms with Gasteiger partial charge in [-0.05, 0) is 56.8 Å². The Morgan fingerprint density at radius 3 is 1.47 bits per heavy atom. The molecule has 0 aromatic heterocycles. The molecule has 0 saturated carbocycles. The zero-order valence-corrected chi connectivity index (χ0v) is 12.3. The highest BCUT2D eigenvalue weighted by molar-refractivity contribution is 4.75. The Labute approximate surface area is 109 Å². The zero-order valence-electron chi connectivity index (χ0n) is 12.3. The van der Waals surface area contributed by atoms with Crippen LogP contribution in [0.5, 0.6) is 0 Å². The van der Waals surface area contributed by atoms with Crippen molar-refractivity contribution in [3.8, 4) is 0 Å². The van der Waals surface area contributed by atoms with Crippen LogP contribution in [-0.4, -0.2) is 12.1 Å². The Kier molecular flexibility index (Phi) is 9.85. The van der Waals surface area contributed by atoms with E-state index in [1.165, 1.54) is 25.7 Å². The Morgan fingerprint density at radius 2 is 1.18 bits per heavy atom. The van der Waals surface area contributed by atoms with Gasteiger partial charge in [0.2, 0.25) is 0 Å². The number of hydrogen-bond acceptors (Lipinski definition) is 2. The van der Waals surface area contributed by atoms with Crippen LogP contribution in [0.1, 0.15) is 66.2 Å². The number of nitrogens with two attached hydrogens (primary N) is 2. The summed E-state index contributed by atoms with van der Waals surface area (Å²) in [6.07, 6.45) is 9.43. The van der Waals surface area contributed by atoms with Crippen LogP contribution in [0.15, 0.2) is 0 Å². The predicted molar refractivity (Wildman–Crippen MR) is 77.6 cm³/mol. The van der Waals surface area contributed by atoms with Gasteiger partial charge < -0.3 is 11.5 Å². The van der Waals surface area contributed by atoms with Crippen molar-refractivity contribution in [3.63, 3.8) is 0 Å². The van der Waals surface area contributed by atoms with Crippen molar-refractivity contribution in [2.45, 2.75) is 78.3 Å². The maximum absolute atomic E-state index is 6.01. The normalized spacial score (nSPS) is 18.7. The molecule has 103 valence electrons. The fourth-order valence-electron chi connectivity index (χ4n) is 2.14. The van der Waals surface area contributed by atoms with E-state index in [1.807, 2.05) is 0 Å². The smallest absolute Gasteiger partial charge is 0.00619 e. The summed E-state index contributed by atoms with van der Waals surface area (Å²) < 4.78 is 0. The topological polar surface area (TPSA) is 52.0 Å². The second-order valence-corrected chi connectivity index (χ2v) is 5.54. The average Bonchev–Trinajstić information content (AvgIpc) is 2.35. The average molecular weight is 241 g/mol. The van der Waals surface area contributed by atoms with Gasteiger partial charge in [0.05, 0.1) is 0 Å². The van der Waals surface area contributed by atoms with Crippen LogP contribution >= 0.6 is 0 Å². The number of unbranched alkanes of at least 4 members (excludes halogenated alkanes) is 2. The fourth-order valence-corrected chi connectivity index (χ4v) is 2.14. The molecule has 0 aromatic rings. The van der Waals surface area contributed by atoms with Gasteiger partial charge in [-0.1, -0.05) is 27.7 Å². The van der Waals surface area contributed by atoms with Crippen LogP contribution in [0, 0.1) is 18.3 Å². The Morgan fingerprint density at radius 1 is 0.824 bits per heavy atom. The van der Waals surface area contributed by atoms with E-state index in [2.05, 4.69) is 34.1 Å². The third-order valence-corrected chi connectivity index (χ3v) is 4.06. The van der Waals surface area contributed by atoms with Gasteiger partial charge in [0.1, 0.15) is 0 Å². The molecule has 0 amide bonds. The van der Waals surface area contributed by atoms with Crippen molar-refractivity contribution >= 4 is 0 Å². The van der Waals surface area contributed by atoms with Crippen molar-refractivity contribution < 1.29 is 0 Å². The summed E-state index contributed by atoms with van der Waals surface area (Å²) in [6.45, 7) is 8.85. The van der Waals surface area contributed by atoms with E-state index in [0.29, 0.717) is 23.9 Å². The van der Waals surface area contributed by atoms with Crippen molar-refractivity contribution in [1.29, 1.82) is 0 Å². The van der Waals surface area contributed by atoms with E-state index < -0.39 is 0 Å². The predicted octanol–water partition coefficient (Wildman–Crippen LogP) is 3.50. The minimum absolute atomic E-state index is 0.371. The first-order chi connectivity index (χ1) is 8.02. The van der Waals surface area contributed by atoms with Gasteiger partial charge in [-0.25, -0.2) is 0 Å². The summed E-state index contributed by atoms with van der Waals surface area (Å²) in [7, 11) is 0. The first-order valence-electron chi connectivity index (χ1n) is 7.35. The lowest BCUT2D eigenvalue weighted by Gasteiger charge is -2.19. The van der Waals surface area contributed by atoms with E-state index in [9.17, 15) is 0 Å². The van der Waals surface area contributed by atoms with Crippen molar-refractivity contribution in [1.82, 2.24) is 0 Å². The lowest BCUT2D eigenvalue weighted by Crippen LogP contribution is -2.27. The minimum atomic E-state index is 0.371. The van der Waals surface area contributed by atoms with Crippen LogP contribution < -0.4 is 11.5 Å². The molecule has 0 aliphatic heterocycles. The number of hydrogen-bond donors (Lipinski definition) is 2. The van der Waals surface area contributed by atoms with Crippen LogP contribution in [0.4, 0.5) is 0 Å². The Bertz CT molecular complexity index is 152. The summed E-state index contributed by atoms with van der Waals surface area (Å²) in [5, 5.41) is 0. The monoisotopic (exact) mass is 241 g/mol. The molecule has 0 fully saturated rings. The molecule has 4 N–H and O–H groups in total. The van der Waals surface area contributed by atoms with E-state index in [4.69, 9.17) is 11.5 Å². The largest absolute Gasteiger partial charge is 0.327 e. The molecule has 4 unspecified atom stereocenters. The first kappa shape index (κ1) is 16.9. The van der Waals surface area contributed by atoms with Crippen LogP contribution in [-0.2, 0) is 0 Å². The fraction of sp³-hybridized carbons (Fsp3) is 0.933. The van der Waals surface area contributed by atoms with Gasteiger partial charge in [-0.15, -0.1) is 0 Å². The van der Waals surface area contributed by atoms with Crippen LogP contribution in [0.3, 0.4) is 0 Å². The lowest BCUT2D eigenvalue weighted by atomic mass is 9.91. The third kappa shape index (κ3) is 7.77. The van der Waals surface area contributed by atoms with Gasteiger partial charge in [0.15, 0.2) is 0 Å². The summed E-state index contributed by atoms with van der Waals surface area (Å²) in [5.41, 5.74) is 12.0. The zero-order chi connectivity index (χ0) is 13.3. The van der Waals surface area contributed by atoms with Crippen LogP contribution in [0.2, 0.25) is 0 Å². The van der Waals surface area contributed by atoms with Gasteiger partial charge in [-0.3, -0.25) is 0 Å². The van der Waals surface area contributed by atoms with E-state index in [1.54, 1.807) is 0 Å². The van der Waals surface area contributed by atoms with Gasteiger partial charge in [0.25, 0.3) is 0 Å². The van der Waals surface area contributed by atoms with Gasteiger partial charge in [0, 0.05) is 12.1 Å². The standard InChI is InChI=1S/C15H33N2/c1-5-14(16)12(3)10-8-7-9-11-13(4)15(17)6-2/h7,12-15H,5-6,8-11,16-17H2,1-4H3. The molecule has 2 nitrogen and oxygen atoms in total. The molecule has 0 bridgehead atoms. The summed E-state index contributed by atoms with van der Waals surface area (Å²) >= 11 is 0.